The highest BCUT2D eigenvalue weighted by molar-refractivity contribution is 7.92. The van der Waals surface area contributed by atoms with Crippen molar-refractivity contribution in [2.45, 2.75) is 50.2 Å². The molecule has 0 radical (unpaired) electrons. The molecule has 0 aliphatic rings. The second-order valence-electron chi connectivity index (χ2n) is 10.8. The Kier molecular flexibility index (Phi) is 11.8. The lowest BCUT2D eigenvalue weighted by molar-refractivity contribution is -0.140. The second kappa shape index (κ2) is 15.7. The number of ether oxygens (including phenoxy) is 1. The van der Waals surface area contributed by atoms with Crippen molar-refractivity contribution in [1.82, 2.24) is 10.2 Å². The predicted molar refractivity (Wildman–Crippen MR) is 178 cm³/mol. The van der Waals surface area contributed by atoms with E-state index in [2.05, 4.69) is 5.32 Å². The van der Waals surface area contributed by atoms with Gasteiger partial charge in [0.05, 0.1) is 17.7 Å². The van der Waals surface area contributed by atoms with E-state index >= 15 is 0 Å². The van der Waals surface area contributed by atoms with Crippen molar-refractivity contribution < 1.29 is 27.1 Å². The van der Waals surface area contributed by atoms with Crippen LogP contribution in [0.1, 0.15) is 31.4 Å². The Balaban J connectivity index is 1.81. The predicted octanol–water partition coefficient (Wildman–Crippen LogP) is 6.24. The first-order chi connectivity index (χ1) is 22.0. The molecule has 2 atom stereocenters. The standard InChI is InChI=1S/C35H37ClFN3O5S/c1-4-25(2)38-35(42)33(22-26-10-6-5-7-11-26)39(23-27-12-8-9-13-32(27)36)34(41)24-40(29-16-14-28(37)15-17-29)46(43,44)31-20-18-30(45-3)19-21-31/h5-21,25,33H,4,22-24H2,1-3H3,(H,38,42). The van der Waals surface area contributed by atoms with Crippen molar-refractivity contribution in [1.29, 1.82) is 0 Å². The Hall–Kier alpha value is -4.41. The van der Waals surface area contributed by atoms with E-state index in [1.807, 2.05) is 44.2 Å². The van der Waals surface area contributed by atoms with Gasteiger partial charge in [-0.25, -0.2) is 12.8 Å². The van der Waals surface area contributed by atoms with Gasteiger partial charge in [0.1, 0.15) is 24.2 Å². The van der Waals surface area contributed by atoms with Crippen molar-refractivity contribution >= 4 is 39.1 Å². The molecule has 0 fully saturated rings. The minimum absolute atomic E-state index is 0.0657. The number of amides is 2. The molecule has 46 heavy (non-hydrogen) atoms. The molecule has 4 rings (SSSR count). The van der Waals surface area contributed by atoms with E-state index in [4.69, 9.17) is 16.3 Å². The van der Waals surface area contributed by atoms with Crippen molar-refractivity contribution in [2.75, 3.05) is 18.0 Å². The van der Waals surface area contributed by atoms with Crippen LogP contribution in [0, 0.1) is 5.82 Å². The number of hydrogen-bond acceptors (Lipinski definition) is 5. The number of carbonyl (C=O) groups is 2. The maximum absolute atomic E-state index is 14.5. The summed E-state index contributed by atoms with van der Waals surface area (Å²) in [5, 5.41) is 3.38. The van der Waals surface area contributed by atoms with Crippen molar-refractivity contribution in [2.24, 2.45) is 0 Å². The molecule has 0 heterocycles. The lowest BCUT2D eigenvalue weighted by Gasteiger charge is -2.34. The number of hydrogen-bond donors (Lipinski definition) is 1. The zero-order valence-electron chi connectivity index (χ0n) is 25.9. The Morgan fingerprint density at radius 1 is 0.913 bits per heavy atom. The van der Waals surface area contributed by atoms with Crippen LogP contribution in [0.2, 0.25) is 5.02 Å². The van der Waals surface area contributed by atoms with Gasteiger partial charge in [-0.1, -0.05) is 67.1 Å². The van der Waals surface area contributed by atoms with Crippen LogP contribution >= 0.6 is 11.6 Å². The monoisotopic (exact) mass is 665 g/mol. The maximum atomic E-state index is 14.5. The normalized spacial score (nSPS) is 12.5. The summed E-state index contributed by atoms with van der Waals surface area (Å²) < 4.78 is 48.2. The van der Waals surface area contributed by atoms with Crippen molar-refractivity contribution in [3.63, 3.8) is 0 Å². The molecule has 0 aliphatic carbocycles. The van der Waals surface area contributed by atoms with Gasteiger partial charge in [-0.05, 0) is 79.1 Å². The number of sulfonamides is 1. The zero-order chi connectivity index (χ0) is 33.3. The first kappa shape index (κ1) is 34.5. The molecule has 0 bridgehead atoms. The van der Waals surface area contributed by atoms with Crippen molar-refractivity contribution in [3.05, 3.63) is 125 Å². The van der Waals surface area contributed by atoms with Gasteiger partial charge in [-0.3, -0.25) is 13.9 Å². The summed E-state index contributed by atoms with van der Waals surface area (Å²) in [6, 6.07) is 25.6. The third kappa shape index (κ3) is 8.64. The quantitative estimate of drug-likeness (QED) is 0.172. The lowest BCUT2D eigenvalue weighted by Crippen LogP contribution is -2.54. The molecular formula is C35H37ClFN3O5S. The lowest BCUT2D eigenvalue weighted by atomic mass is 10.0. The molecule has 0 saturated heterocycles. The van der Waals surface area contributed by atoms with E-state index in [0.29, 0.717) is 22.8 Å². The van der Waals surface area contributed by atoms with E-state index in [0.717, 1.165) is 22.0 Å². The van der Waals surface area contributed by atoms with Gasteiger partial charge in [-0.15, -0.1) is 0 Å². The Morgan fingerprint density at radius 2 is 1.54 bits per heavy atom. The number of carbonyl (C=O) groups excluding carboxylic acids is 2. The van der Waals surface area contributed by atoms with E-state index in [1.165, 1.54) is 48.4 Å². The minimum Gasteiger partial charge on any atom is -0.497 e. The van der Waals surface area contributed by atoms with Crippen LogP contribution in [0.15, 0.2) is 108 Å². The number of methoxy groups -OCH3 is 1. The molecule has 11 heteroatoms. The maximum Gasteiger partial charge on any atom is 0.264 e. The smallest absolute Gasteiger partial charge is 0.264 e. The van der Waals surface area contributed by atoms with Gasteiger partial charge >= 0.3 is 0 Å². The van der Waals surface area contributed by atoms with Crippen LogP contribution in [0.3, 0.4) is 0 Å². The molecule has 0 aliphatic heterocycles. The van der Waals surface area contributed by atoms with Crippen LogP contribution in [0.5, 0.6) is 5.75 Å². The average molecular weight is 666 g/mol. The number of anilines is 1. The number of rotatable bonds is 14. The van der Waals surface area contributed by atoms with Crippen LogP contribution in [0.25, 0.3) is 0 Å². The fourth-order valence-electron chi connectivity index (χ4n) is 4.82. The fourth-order valence-corrected chi connectivity index (χ4v) is 6.43. The van der Waals surface area contributed by atoms with E-state index in [1.54, 1.807) is 24.3 Å². The topological polar surface area (TPSA) is 96.0 Å². The van der Waals surface area contributed by atoms with E-state index in [9.17, 15) is 22.4 Å². The first-order valence-corrected chi connectivity index (χ1v) is 16.6. The molecule has 0 saturated carbocycles. The Labute approximate surface area is 274 Å². The molecular weight excluding hydrogens is 629 g/mol. The Morgan fingerprint density at radius 3 is 2.15 bits per heavy atom. The van der Waals surface area contributed by atoms with Gasteiger partial charge in [0, 0.05) is 24.0 Å². The summed E-state index contributed by atoms with van der Waals surface area (Å²) in [5.41, 5.74) is 1.47. The molecule has 1 N–H and O–H groups in total. The number of benzene rings is 4. The molecule has 2 amide bonds. The van der Waals surface area contributed by atoms with E-state index < -0.39 is 34.3 Å². The van der Waals surface area contributed by atoms with Gasteiger partial charge in [-0.2, -0.15) is 0 Å². The number of nitrogens with one attached hydrogen (secondary N) is 1. The van der Waals surface area contributed by atoms with Crippen LogP contribution in [-0.4, -0.2) is 50.9 Å². The van der Waals surface area contributed by atoms with Crippen LogP contribution in [0.4, 0.5) is 10.1 Å². The summed E-state index contributed by atoms with van der Waals surface area (Å²) in [5.74, 6) is -1.15. The van der Waals surface area contributed by atoms with Gasteiger partial charge in [0.15, 0.2) is 0 Å². The highest BCUT2D eigenvalue weighted by Gasteiger charge is 2.35. The largest absolute Gasteiger partial charge is 0.497 e. The third-order valence-electron chi connectivity index (χ3n) is 7.61. The second-order valence-corrected chi connectivity index (χ2v) is 13.1. The third-order valence-corrected chi connectivity index (χ3v) is 9.77. The summed E-state index contributed by atoms with van der Waals surface area (Å²) in [6.45, 7) is 3.07. The molecule has 242 valence electrons. The molecule has 2 unspecified atom stereocenters. The Bertz CT molecular complexity index is 1720. The fraction of sp³-hybridized carbons (Fsp3) is 0.257. The van der Waals surface area contributed by atoms with Gasteiger partial charge < -0.3 is 15.0 Å². The molecule has 8 nitrogen and oxygen atoms in total. The molecule has 0 aromatic heterocycles. The molecule has 4 aromatic carbocycles. The van der Waals surface area contributed by atoms with Gasteiger partial charge in [0.2, 0.25) is 11.8 Å². The van der Waals surface area contributed by atoms with Crippen molar-refractivity contribution in [3.8, 4) is 5.75 Å². The SMILES string of the molecule is CCC(C)NC(=O)C(Cc1ccccc1)N(Cc1ccccc1Cl)C(=O)CN(c1ccc(F)cc1)S(=O)(=O)c1ccc(OC)cc1. The summed E-state index contributed by atoms with van der Waals surface area (Å²) in [4.78, 5) is 29.6. The summed E-state index contributed by atoms with van der Waals surface area (Å²) in [6.07, 6.45) is 0.835. The van der Waals surface area contributed by atoms with Crippen LogP contribution < -0.4 is 14.4 Å². The van der Waals surface area contributed by atoms with Gasteiger partial charge in [0.25, 0.3) is 10.0 Å². The highest BCUT2D eigenvalue weighted by atomic mass is 35.5. The van der Waals surface area contributed by atoms with Crippen LogP contribution in [-0.2, 0) is 32.6 Å². The van der Waals surface area contributed by atoms with E-state index in [-0.39, 0.29) is 35.5 Å². The minimum atomic E-state index is -4.35. The summed E-state index contributed by atoms with van der Waals surface area (Å²) >= 11 is 6.53. The number of halogens is 2. The number of nitrogens with zero attached hydrogens (tertiary/aromatic N) is 2. The zero-order valence-corrected chi connectivity index (χ0v) is 27.5. The molecule has 4 aromatic rings. The highest BCUT2D eigenvalue weighted by Crippen LogP contribution is 2.27. The average Bonchev–Trinajstić information content (AvgIpc) is 3.06. The summed E-state index contributed by atoms with van der Waals surface area (Å²) in [7, 11) is -2.89. The first-order valence-electron chi connectivity index (χ1n) is 14.8. The molecule has 0 spiro atoms.